The van der Waals surface area contributed by atoms with Crippen LogP contribution < -0.4 is 5.32 Å². The summed E-state index contributed by atoms with van der Waals surface area (Å²) in [5.41, 5.74) is 0.639. The topological polar surface area (TPSA) is 15.3 Å². The van der Waals surface area contributed by atoms with Crippen LogP contribution in [0.1, 0.15) is 24.8 Å². The van der Waals surface area contributed by atoms with Crippen LogP contribution in [0.2, 0.25) is 5.02 Å². The molecule has 0 aromatic heterocycles. The molecule has 1 N–H and O–H groups in total. The summed E-state index contributed by atoms with van der Waals surface area (Å²) >= 11 is 6.12. The molecule has 0 bridgehead atoms. The minimum absolute atomic E-state index is 0.187. The lowest BCUT2D eigenvalue weighted by molar-refractivity contribution is 0.248. The number of rotatable bonds is 3. The minimum atomic E-state index is -0.187. The van der Waals surface area contributed by atoms with Gasteiger partial charge in [0.05, 0.1) is 0 Å². The second-order valence-electron chi connectivity index (χ2n) is 5.69. The van der Waals surface area contributed by atoms with Gasteiger partial charge in [0.1, 0.15) is 5.82 Å². The molecule has 1 aromatic carbocycles. The maximum atomic E-state index is 13.8. The van der Waals surface area contributed by atoms with Crippen molar-refractivity contribution in [2.24, 2.45) is 5.92 Å². The molecule has 1 saturated carbocycles. The molecule has 1 heterocycles. The standard InChI is InChI=1S/C15H20ClFN2/c16-13-3-1-4-14(17)12(13)9-19-8-2-7-18-15(10-19)11-5-6-11/h1,3-4,11,15,18H,2,5-10H2. The molecule has 3 rings (SSSR count). The van der Waals surface area contributed by atoms with Crippen LogP contribution in [0, 0.1) is 11.7 Å². The average molecular weight is 283 g/mol. The number of halogens is 2. The molecule has 0 amide bonds. The summed E-state index contributed by atoms with van der Waals surface area (Å²) in [6, 6.07) is 5.51. The highest BCUT2D eigenvalue weighted by molar-refractivity contribution is 6.31. The molecule has 2 aliphatic rings. The molecule has 0 radical (unpaired) electrons. The van der Waals surface area contributed by atoms with Crippen LogP contribution in [-0.4, -0.2) is 30.6 Å². The van der Waals surface area contributed by atoms with E-state index < -0.39 is 0 Å². The van der Waals surface area contributed by atoms with Gasteiger partial charge in [0.15, 0.2) is 0 Å². The normalized spacial score (nSPS) is 25.3. The van der Waals surface area contributed by atoms with Gasteiger partial charge in [-0.1, -0.05) is 17.7 Å². The fraction of sp³-hybridized carbons (Fsp3) is 0.600. The van der Waals surface area contributed by atoms with Crippen LogP contribution in [0.25, 0.3) is 0 Å². The Bertz CT molecular complexity index is 428. The predicted octanol–water partition coefficient (Wildman–Crippen LogP) is 3.05. The number of hydrogen-bond acceptors (Lipinski definition) is 2. The lowest BCUT2D eigenvalue weighted by Gasteiger charge is -2.25. The molecule has 1 aromatic rings. The molecule has 1 saturated heterocycles. The van der Waals surface area contributed by atoms with Gasteiger partial charge in [0.2, 0.25) is 0 Å². The van der Waals surface area contributed by atoms with Crippen LogP contribution in [0.5, 0.6) is 0 Å². The van der Waals surface area contributed by atoms with Crippen molar-refractivity contribution in [3.8, 4) is 0 Å². The average Bonchev–Trinajstić information content (AvgIpc) is 3.20. The van der Waals surface area contributed by atoms with E-state index in [9.17, 15) is 4.39 Å². The van der Waals surface area contributed by atoms with Gasteiger partial charge in [-0.3, -0.25) is 4.90 Å². The van der Waals surface area contributed by atoms with E-state index in [0.717, 1.165) is 32.0 Å². The summed E-state index contributed by atoms with van der Waals surface area (Å²) in [5.74, 6) is 0.643. The predicted molar refractivity (Wildman–Crippen MR) is 75.8 cm³/mol. The molecular weight excluding hydrogens is 263 g/mol. The fourth-order valence-electron chi connectivity index (χ4n) is 2.89. The Morgan fingerprint density at radius 3 is 2.95 bits per heavy atom. The number of hydrogen-bond donors (Lipinski definition) is 1. The van der Waals surface area contributed by atoms with Crippen molar-refractivity contribution in [1.29, 1.82) is 0 Å². The Kier molecular flexibility index (Phi) is 4.06. The molecule has 1 aliphatic carbocycles. The molecule has 2 nitrogen and oxygen atoms in total. The zero-order valence-corrected chi connectivity index (χ0v) is 11.8. The van der Waals surface area contributed by atoms with Crippen molar-refractivity contribution in [3.05, 3.63) is 34.6 Å². The molecule has 1 atom stereocenters. The largest absolute Gasteiger partial charge is 0.312 e. The van der Waals surface area contributed by atoms with Gasteiger partial charge in [-0.05, 0) is 50.4 Å². The highest BCUT2D eigenvalue weighted by Crippen LogP contribution is 2.34. The summed E-state index contributed by atoms with van der Waals surface area (Å²) in [6.07, 6.45) is 3.80. The smallest absolute Gasteiger partial charge is 0.129 e. The van der Waals surface area contributed by atoms with Gasteiger partial charge in [-0.25, -0.2) is 4.39 Å². The number of nitrogens with one attached hydrogen (secondary N) is 1. The van der Waals surface area contributed by atoms with E-state index in [4.69, 9.17) is 11.6 Å². The van der Waals surface area contributed by atoms with Gasteiger partial charge in [-0.2, -0.15) is 0 Å². The van der Waals surface area contributed by atoms with Crippen molar-refractivity contribution in [3.63, 3.8) is 0 Å². The maximum Gasteiger partial charge on any atom is 0.129 e. The van der Waals surface area contributed by atoms with Crippen molar-refractivity contribution in [2.45, 2.75) is 31.8 Å². The van der Waals surface area contributed by atoms with Crippen molar-refractivity contribution in [1.82, 2.24) is 10.2 Å². The molecule has 2 fully saturated rings. The number of nitrogens with zero attached hydrogens (tertiary/aromatic N) is 1. The van der Waals surface area contributed by atoms with Crippen LogP contribution in [0.4, 0.5) is 4.39 Å². The van der Waals surface area contributed by atoms with Gasteiger partial charge in [0.25, 0.3) is 0 Å². The third-order valence-corrected chi connectivity index (χ3v) is 4.50. The summed E-state index contributed by atoms with van der Waals surface area (Å²) in [4.78, 5) is 2.34. The second-order valence-corrected chi connectivity index (χ2v) is 6.09. The second kappa shape index (κ2) is 5.78. The number of benzene rings is 1. The van der Waals surface area contributed by atoms with Crippen molar-refractivity contribution in [2.75, 3.05) is 19.6 Å². The molecular formula is C15H20ClFN2. The monoisotopic (exact) mass is 282 g/mol. The van der Waals surface area contributed by atoms with Crippen molar-refractivity contribution >= 4 is 11.6 Å². The Labute approximate surface area is 118 Å². The first-order valence-corrected chi connectivity index (χ1v) is 7.50. The molecule has 1 unspecified atom stereocenters. The molecule has 0 spiro atoms. The van der Waals surface area contributed by atoms with Gasteiger partial charge >= 0.3 is 0 Å². The highest BCUT2D eigenvalue weighted by atomic mass is 35.5. The minimum Gasteiger partial charge on any atom is -0.312 e. The van der Waals surface area contributed by atoms with E-state index >= 15 is 0 Å². The zero-order valence-electron chi connectivity index (χ0n) is 11.0. The lowest BCUT2D eigenvalue weighted by atomic mass is 10.1. The summed E-state index contributed by atoms with van der Waals surface area (Å²) in [6.45, 7) is 3.72. The van der Waals surface area contributed by atoms with Crippen LogP contribution >= 0.6 is 11.6 Å². The van der Waals surface area contributed by atoms with E-state index in [1.165, 1.54) is 18.9 Å². The quantitative estimate of drug-likeness (QED) is 0.917. The van der Waals surface area contributed by atoms with E-state index in [1.807, 2.05) is 0 Å². The van der Waals surface area contributed by atoms with E-state index in [0.29, 0.717) is 23.2 Å². The molecule has 1 aliphatic heterocycles. The van der Waals surface area contributed by atoms with Crippen LogP contribution in [0.3, 0.4) is 0 Å². The third kappa shape index (κ3) is 3.28. The van der Waals surface area contributed by atoms with E-state index in [2.05, 4.69) is 10.2 Å². The summed E-state index contributed by atoms with van der Waals surface area (Å²) in [5, 5.41) is 4.16. The third-order valence-electron chi connectivity index (χ3n) is 4.15. The van der Waals surface area contributed by atoms with Crippen molar-refractivity contribution < 1.29 is 4.39 Å². The Morgan fingerprint density at radius 2 is 2.21 bits per heavy atom. The van der Waals surface area contributed by atoms with Gasteiger partial charge in [-0.15, -0.1) is 0 Å². The SMILES string of the molecule is Fc1cccc(Cl)c1CN1CCCNC(C2CC2)C1. The van der Waals surface area contributed by atoms with Crippen LogP contribution in [0.15, 0.2) is 18.2 Å². The fourth-order valence-corrected chi connectivity index (χ4v) is 3.11. The highest BCUT2D eigenvalue weighted by Gasteiger charge is 2.33. The lowest BCUT2D eigenvalue weighted by Crippen LogP contribution is -2.39. The van der Waals surface area contributed by atoms with Crippen LogP contribution in [-0.2, 0) is 6.54 Å². The summed E-state index contributed by atoms with van der Waals surface area (Å²) < 4.78 is 13.8. The molecule has 4 heteroatoms. The van der Waals surface area contributed by atoms with Gasteiger partial charge < -0.3 is 5.32 Å². The first-order chi connectivity index (χ1) is 9.24. The summed E-state index contributed by atoms with van der Waals surface area (Å²) in [7, 11) is 0. The first-order valence-electron chi connectivity index (χ1n) is 7.12. The Morgan fingerprint density at radius 1 is 1.37 bits per heavy atom. The Balaban J connectivity index is 1.70. The first kappa shape index (κ1) is 13.3. The maximum absolute atomic E-state index is 13.8. The van der Waals surface area contributed by atoms with E-state index in [-0.39, 0.29) is 5.82 Å². The molecule has 104 valence electrons. The zero-order chi connectivity index (χ0) is 13.2. The Hall–Kier alpha value is -0.640. The van der Waals surface area contributed by atoms with E-state index in [1.54, 1.807) is 12.1 Å². The van der Waals surface area contributed by atoms with Gasteiger partial charge in [0, 0.05) is 29.7 Å². The molecule has 19 heavy (non-hydrogen) atoms.